The Labute approximate surface area is 153 Å². The van der Waals surface area contributed by atoms with Crippen LogP contribution in [0, 0.1) is 0 Å². The van der Waals surface area contributed by atoms with Gasteiger partial charge in [-0.3, -0.25) is 9.48 Å². The van der Waals surface area contributed by atoms with Crippen molar-refractivity contribution in [1.82, 2.24) is 19.8 Å². The molecule has 10 heteroatoms. The monoisotopic (exact) mass is 387 g/mol. The molecule has 1 amide bonds. The lowest BCUT2D eigenvalue weighted by Gasteiger charge is -2.14. The van der Waals surface area contributed by atoms with Crippen LogP contribution in [0.2, 0.25) is 0 Å². The minimum absolute atomic E-state index is 0. The van der Waals surface area contributed by atoms with Gasteiger partial charge >= 0.3 is 0 Å². The first-order valence-electron chi connectivity index (χ1n) is 7.29. The zero-order chi connectivity index (χ0) is 17.7. The van der Waals surface area contributed by atoms with Crippen LogP contribution in [0.3, 0.4) is 0 Å². The topological polar surface area (TPSA) is 105 Å². The van der Waals surface area contributed by atoms with Gasteiger partial charge < -0.3 is 10.6 Å². The van der Waals surface area contributed by atoms with Gasteiger partial charge in [0.25, 0.3) is 0 Å². The molecule has 3 N–H and O–H groups in total. The molecule has 8 nitrogen and oxygen atoms in total. The largest absolute Gasteiger partial charge is 0.324 e. The third-order valence-corrected chi connectivity index (χ3v) is 4.04. The van der Waals surface area contributed by atoms with Crippen LogP contribution >= 0.6 is 12.4 Å². The Balaban J connectivity index is 0.00000312. The zero-order valence-corrected chi connectivity index (χ0v) is 15.8. The highest BCUT2D eigenvalue weighted by Gasteiger charge is 2.20. The third kappa shape index (κ3) is 6.46. The molecule has 1 unspecified atom stereocenters. The highest BCUT2D eigenvalue weighted by atomic mass is 35.5. The summed E-state index contributed by atoms with van der Waals surface area (Å²) in [6.45, 7) is 0.210. The SMILES string of the molecule is CNC(C(=O)Nc1ccc(CNS(C)(=O)=O)cc1)c1cnn(C)c1.Cl. The summed E-state index contributed by atoms with van der Waals surface area (Å²) >= 11 is 0. The van der Waals surface area contributed by atoms with Gasteiger partial charge in [0.15, 0.2) is 0 Å². The molecule has 0 bridgehead atoms. The zero-order valence-electron chi connectivity index (χ0n) is 14.2. The first-order valence-corrected chi connectivity index (χ1v) is 9.18. The Kier molecular flexibility index (Phi) is 7.56. The molecular formula is C15H22ClN5O3S. The average Bonchev–Trinajstić information content (AvgIpc) is 2.93. The third-order valence-electron chi connectivity index (χ3n) is 3.37. The number of carbonyl (C=O) groups excluding carboxylic acids is 1. The number of likely N-dealkylation sites (N-methyl/N-ethyl adjacent to an activating group) is 1. The molecule has 2 aromatic rings. The lowest BCUT2D eigenvalue weighted by Crippen LogP contribution is -2.30. The fourth-order valence-corrected chi connectivity index (χ4v) is 2.60. The average molecular weight is 388 g/mol. The molecular weight excluding hydrogens is 366 g/mol. The number of hydrogen-bond donors (Lipinski definition) is 3. The van der Waals surface area contributed by atoms with E-state index in [-0.39, 0.29) is 24.9 Å². The molecule has 0 saturated carbocycles. The summed E-state index contributed by atoms with van der Waals surface area (Å²) < 4.78 is 26.2. The summed E-state index contributed by atoms with van der Waals surface area (Å²) in [6.07, 6.45) is 4.53. The van der Waals surface area contributed by atoms with E-state index in [1.807, 2.05) is 0 Å². The molecule has 138 valence electrons. The lowest BCUT2D eigenvalue weighted by molar-refractivity contribution is -0.118. The first kappa shape index (κ1) is 21.1. The number of nitrogens with one attached hydrogen (secondary N) is 3. The predicted octanol–water partition coefficient (Wildman–Crippen LogP) is 0.790. The Morgan fingerprint density at radius 3 is 2.40 bits per heavy atom. The van der Waals surface area contributed by atoms with Gasteiger partial charge in [-0.25, -0.2) is 13.1 Å². The maximum absolute atomic E-state index is 12.4. The van der Waals surface area contributed by atoms with Gasteiger partial charge in [0.05, 0.1) is 12.5 Å². The van der Waals surface area contributed by atoms with Crippen LogP contribution in [-0.4, -0.2) is 37.4 Å². The van der Waals surface area contributed by atoms with Crippen LogP contribution in [0.15, 0.2) is 36.7 Å². The van der Waals surface area contributed by atoms with Gasteiger partial charge in [-0.1, -0.05) is 12.1 Å². The van der Waals surface area contributed by atoms with E-state index in [1.165, 1.54) is 0 Å². The minimum atomic E-state index is -3.23. The molecule has 0 aliphatic heterocycles. The van der Waals surface area contributed by atoms with Gasteiger partial charge in [-0.05, 0) is 24.7 Å². The van der Waals surface area contributed by atoms with Gasteiger partial charge in [-0.15, -0.1) is 12.4 Å². The Morgan fingerprint density at radius 2 is 1.92 bits per heavy atom. The summed E-state index contributed by atoms with van der Waals surface area (Å²) in [5.41, 5.74) is 2.20. The number of aromatic nitrogens is 2. The summed E-state index contributed by atoms with van der Waals surface area (Å²) in [5, 5.41) is 9.85. The van der Waals surface area contributed by atoms with E-state index in [2.05, 4.69) is 20.5 Å². The lowest BCUT2D eigenvalue weighted by atomic mass is 10.1. The molecule has 1 aromatic heterocycles. The van der Waals surface area contributed by atoms with Crippen molar-refractivity contribution in [3.63, 3.8) is 0 Å². The molecule has 0 fully saturated rings. The molecule has 1 heterocycles. The molecule has 1 aromatic carbocycles. The van der Waals surface area contributed by atoms with E-state index in [0.29, 0.717) is 5.69 Å². The highest BCUT2D eigenvalue weighted by Crippen LogP contribution is 2.16. The molecule has 0 radical (unpaired) electrons. The van der Waals surface area contributed by atoms with Gasteiger partial charge in [0, 0.05) is 31.0 Å². The van der Waals surface area contributed by atoms with Crippen molar-refractivity contribution < 1.29 is 13.2 Å². The Hall–Kier alpha value is -1.94. The van der Waals surface area contributed by atoms with Crippen LogP contribution in [0.1, 0.15) is 17.2 Å². The maximum Gasteiger partial charge on any atom is 0.246 e. The van der Waals surface area contributed by atoms with Crippen molar-refractivity contribution in [2.45, 2.75) is 12.6 Å². The molecule has 25 heavy (non-hydrogen) atoms. The van der Waals surface area contributed by atoms with Crippen molar-refractivity contribution in [1.29, 1.82) is 0 Å². The molecule has 0 aliphatic rings. The highest BCUT2D eigenvalue weighted by molar-refractivity contribution is 7.88. The number of carbonyl (C=O) groups is 1. The standard InChI is InChI=1S/C15H21N5O3S.ClH/c1-16-14(12-9-17-20(2)10-12)15(21)19-13-6-4-11(5-7-13)8-18-24(3,22)23;/h4-7,9-10,14,16,18H,8H2,1-3H3,(H,19,21);1H. The number of aryl methyl sites for hydroxylation is 1. The molecule has 2 rings (SSSR count). The first-order chi connectivity index (χ1) is 11.3. The second-order valence-electron chi connectivity index (χ2n) is 5.45. The van der Waals surface area contributed by atoms with E-state index in [1.54, 1.807) is 55.4 Å². The summed E-state index contributed by atoms with van der Waals surface area (Å²) in [7, 11) is 0.264. The van der Waals surface area contributed by atoms with E-state index >= 15 is 0 Å². The number of rotatable bonds is 7. The second kappa shape index (κ2) is 8.95. The number of hydrogen-bond acceptors (Lipinski definition) is 5. The van der Waals surface area contributed by atoms with Crippen molar-refractivity contribution >= 4 is 34.0 Å². The summed E-state index contributed by atoms with van der Waals surface area (Å²) in [5.74, 6) is -0.201. The van der Waals surface area contributed by atoms with Crippen LogP contribution in [0.5, 0.6) is 0 Å². The van der Waals surface area contributed by atoms with Crippen molar-refractivity contribution in [3.05, 3.63) is 47.8 Å². The fourth-order valence-electron chi connectivity index (χ4n) is 2.17. The molecule has 1 atom stereocenters. The number of benzene rings is 1. The maximum atomic E-state index is 12.4. The second-order valence-corrected chi connectivity index (χ2v) is 7.28. The van der Waals surface area contributed by atoms with Crippen molar-refractivity contribution in [2.24, 2.45) is 7.05 Å². The Bertz CT molecular complexity index is 805. The fraction of sp³-hybridized carbons (Fsp3) is 0.333. The van der Waals surface area contributed by atoms with Gasteiger partial charge in [0.2, 0.25) is 15.9 Å². The van der Waals surface area contributed by atoms with Crippen LogP contribution < -0.4 is 15.4 Å². The van der Waals surface area contributed by atoms with Crippen LogP contribution in [-0.2, 0) is 28.4 Å². The van der Waals surface area contributed by atoms with E-state index in [9.17, 15) is 13.2 Å². The van der Waals surface area contributed by atoms with Crippen LogP contribution in [0.25, 0.3) is 0 Å². The van der Waals surface area contributed by atoms with Crippen LogP contribution in [0.4, 0.5) is 5.69 Å². The van der Waals surface area contributed by atoms with E-state index in [0.717, 1.165) is 17.4 Å². The van der Waals surface area contributed by atoms with E-state index in [4.69, 9.17) is 0 Å². The normalized spacial score (nSPS) is 12.3. The molecule has 0 spiro atoms. The number of amides is 1. The van der Waals surface area contributed by atoms with Gasteiger partial charge in [0.1, 0.15) is 6.04 Å². The molecule has 0 aliphatic carbocycles. The number of sulfonamides is 1. The number of halogens is 1. The number of anilines is 1. The van der Waals surface area contributed by atoms with E-state index < -0.39 is 16.1 Å². The van der Waals surface area contributed by atoms with Crippen molar-refractivity contribution in [2.75, 3.05) is 18.6 Å². The predicted molar refractivity (Wildman–Crippen MR) is 99.0 cm³/mol. The smallest absolute Gasteiger partial charge is 0.246 e. The van der Waals surface area contributed by atoms with Gasteiger partial charge in [-0.2, -0.15) is 5.10 Å². The summed E-state index contributed by atoms with van der Waals surface area (Å²) in [6, 6.07) is 6.46. The quantitative estimate of drug-likeness (QED) is 0.651. The minimum Gasteiger partial charge on any atom is -0.324 e. The number of nitrogens with zero attached hydrogens (tertiary/aromatic N) is 2. The summed E-state index contributed by atoms with van der Waals surface area (Å²) in [4.78, 5) is 12.4. The van der Waals surface area contributed by atoms with Crippen molar-refractivity contribution in [3.8, 4) is 0 Å². The Morgan fingerprint density at radius 1 is 1.28 bits per heavy atom. The molecule has 0 saturated heterocycles.